The van der Waals surface area contributed by atoms with Crippen LogP contribution in [0.1, 0.15) is 38.0 Å². The highest BCUT2D eigenvalue weighted by Crippen LogP contribution is 2.32. The van der Waals surface area contributed by atoms with Gasteiger partial charge in [0.2, 0.25) is 0 Å². The molecule has 2 atom stereocenters. The fraction of sp³-hybridized carbons (Fsp3) is 0.500. The van der Waals surface area contributed by atoms with E-state index in [2.05, 4.69) is 31.2 Å². The van der Waals surface area contributed by atoms with Crippen molar-refractivity contribution in [2.45, 2.75) is 32.2 Å². The zero-order chi connectivity index (χ0) is 22.0. The Kier molecular flexibility index (Phi) is 7.38. The quantitative estimate of drug-likeness (QED) is 0.563. The zero-order valence-electron chi connectivity index (χ0n) is 16.6. The first-order valence-corrected chi connectivity index (χ1v) is 11.1. The van der Waals surface area contributed by atoms with Gasteiger partial charge in [-0.2, -0.15) is 0 Å². The molecular weight excluding hydrogens is 503 g/mol. The van der Waals surface area contributed by atoms with Crippen molar-refractivity contribution < 1.29 is 23.5 Å². The van der Waals surface area contributed by atoms with E-state index in [1.807, 2.05) is 0 Å². The number of thiazole rings is 1. The molecule has 0 unspecified atom stereocenters. The number of rotatable bonds is 6. The zero-order valence-corrected chi connectivity index (χ0v) is 19.7. The first kappa shape index (κ1) is 23.0. The Morgan fingerprint density at radius 1 is 1.47 bits per heavy atom. The smallest absolute Gasteiger partial charge is 0.350 e. The molecule has 0 bridgehead atoms. The molecule has 0 radical (unpaired) electrons. The van der Waals surface area contributed by atoms with Gasteiger partial charge in [-0.25, -0.2) is 14.2 Å². The molecule has 2 N–H and O–H groups in total. The van der Waals surface area contributed by atoms with E-state index in [-0.39, 0.29) is 23.9 Å². The van der Waals surface area contributed by atoms with Gasteiger partial charge in [-0.3, -0.25) is 4.79 Å². The maximum absolute atomic E-state index is 14.9. The average Bonchev–Trinajstić information content (AvgIpc) is 3.26. The number of aryl methyl sites for hydroxylation is 1. The summed E-state index contributed by atoms with van der Waals surface area (Å²) in [5, 5.41) is 3.50. The molecule has 2 aromatic heterocycles. The highest BCUT2D eigenvalue weighted by molar-refractivity contribution is 9.10. The third-order valence-corrected chi connectivity index (χ3v) is 7.48. The minimum Gasteiger partial charge on any atom is -0.465 e. The molecule has 2 aromatic rings. The predicted molar refractivity (Wildman–Crippen MR) is 115 cm³/mol. The molecule has 3 heterocycles. The molecule has 164 valence electrons. The van der Waals surface area contributed by atoms with Crippen LogP contribution in [-0.4, -0.2) is 61.4 Å². The van der Waals surface area contributed by atoms with Gasteiger partial charge in [-0.15, -0.1) is 0 Å². The number of ether oxygens (including phenoxy) is 2. The molecule has 1 aliphatic rings. The van der Waals surface area contributed by atoms with Crippen LogP contribution in [0.3, 0.4) is 0 Å². The number of esters is 1. The number of aromatic amines is 1. The van der Waals surface area contributed by atoms with Crippen LogP contribution in [0.5, 0.6) is 0 Å². The standard InChI is InChI=1S/C18H21BrClFN4O4S/c1-8-12(19)13(20)14(22-8)16(26)23-10-4-5-25(6-9(10)21)18-24-11(7-28-2)15(30-18)17(27)29-3/h9-10,22H,4-7H2,1-3H3,(H,23,26)/t9-,10+/m0/s1. The Labute approximate surface area is 190 Å². The van der Waals surface area contributed by atoms with E-state index in [1.165, 1.54) is 14.2 Å². The largest absolute Gasteiger partial charge is 0.465 e. The SMILES string of the molecule is COCc1nc(N2CC[C@@H](NC(=O)c3[nH]c(C)c(Br)c3Cl)[C@@H](F)C2)sc1C(=O)OC. The third-order valence-electron chi connectivity index (χ3n) is 4.75. The van der Waals surface area contributed by atoms with E-state index in [1.54, 1.807) is 11.8 Å². The van der Waals surface area contributed by atoms with Crippen LogP contribution in [0.4, 0.5) is 9.52 Å². The van der Waals surface area contributed by atoms with Crippen LogP contribution in [-0.2, 0) is 16.1 Å². The van der Waals surface area contributed by atoms with Crippen LogP contribution in [0.2, 0.25) is 5.02 Å². The van der Waals surface area contributed by atoms with Gasteiger partial charge in [0.05, 0.1) is 41.5 Å². The lowest BCUT2D eigenvalue weighted by Crippen LogP contribution is -2.52. The Morgan fingerprint density at radius 2 is 2.20 bits per heavy atom. The molecule has 1 fully saturated rings. The molecular formula is C18H21BrClFN4O4S. The molecule has 0 spiro atoms. The molecule has 0 aliphatic carbocycles. The van der Waals surface area contributed by atoms with Gasteiger partial charge in [0.15, 0.2) is 5.13 Å². The second-order valence-electron chi connectivity index (χ2n) is 6.78. The number of alkyl halides is 1. The summed E-state index contributed by atoms with van der Waals surface area (Å²) in [5.74, 6) is -0.964. The molecule has 0 aromatic carbocycles. The minimum atomic E-state index is -1.32. The fourth-order valence-electron chi connectivity index (χ4n) is 3.17. The van der Waals surface area contributed by atoms with Gasteiger partial charge in [-0.05, 0) is 29.3 Å². The van der Waals surface area contributed by atoms with Crippen molar-refractivity contribution in [1.82, 2.24) is 15.3 Å². The van der Waals surface area contributed by atoms with Crippen LogP contribution in [0, 0.1) is 6.92 Å². The average molecular weight is 524 g/mol. The second-order valence-corrected chi connectivity index (χ2v) is 8.93. The molecule has 1 saturated heterocycles. The van der Waals surface area contributed by atoms with Gasteiger partial charge < -0.3 is 24.7 Å². The number of amides is 1. The Hall–Kier alpha value is -1.69. The number of halogens is 3. The normalized spacial score (nSPS) is 19.1. The first-order chi connectivity index (χ1) is 14.3. The minimum absolute atomic E-state index is 0.0344. The van der Waals surface area contributed by atoms with Crippen molar-refractivity contribution in [3.63, 3.8) is 0 Å². The lowest BCUT2D eigenvalue weighted by atomic mass is 10.0. The van der Waals surface area contributed by atoms with Gasteiger partial charge in [-0.1, -0.05) is 22.9 Å². The first-order valence-electron chi connectivity index (χ1n) is 9.07. The summed E-state index contributed by atoms with van der Waals surface area (Å²) >= 11 is 10.6. The van der Waals surface area contributed by atoms with E-state index in [9.17, 15) is 14.0 Å². The molecule has 12 heteroatoms. The molecule has 3 rings (SSSR count). The summed E-state index contributed by atoms with van der Waals surface area (Å²) in [6.07, 6.45) is -0.949. The summed E-state index contributed by atoms with van der Waals surface area (Å²) in [4.78, 5) is 33.9. The Bertz CT molecular complexity index is 953. The number of carbonyl (C=O) groups is 2. The summed E-state index contributed by atoms with van der Waals surface area (Å²) in [5.41, 5.74) is 1.37. The van der Waals surface area contributed by atoms with Crippen LogP contribution >= 0.6 is 38.9 Å². The Balaban J connectivity index is 1.68. The van der Waals surface area contributed by atoms with Gasteiger partial charge >= 0.3 is 5.97 Å². The van der Waals surface area contributed by atoms with Crippen molar-refractivity contribution in [2.75, 3.05) is 32.2 Å². The van der Waals surface area contributed by atoms with E-state index in [4.69, 9.17) is 21.1 Å². The number of hydrogen-bond acceptors (Lipinski definition) is 7. The van der Waals surface area contributed by atoms with Crippen LogP contribution in [0.25, 0.3) is 0 Å². The van der Waals surface area contributed by atoms with Crippen molar-refractivity contribution in [2.24, 2.45) is 0 Å². The lowest BCUT2D eigenvalue weighted by molar-refractivity contribution is 0.0601. The number of anilines is 1. The number of H-pyrrole nitrogens is 1. The van der Waals surface area contributed by atoms with E-state index < -0.39 is 24.1 Å². The van der Waals surface area contributed by atoms with Gasteiger partial charge in [0.25, 0.3) is 5.91 Å². The van der Waals surface area contributed by atoms with Crippen LogP contribution in [0.15, 0.2) is 4.47 Å². The highest BCUT2D eigenvalue weighted by Gasteiger charge is 2.33. The number of nitrogens with one attached hydrogen (secondary N) is 2. The monoisotopic (exact) mass is 522 g/mol. The Morgan fingerprint density at radius 3 is 2.77 bits per heavy atom. The number of carbonyl (C=O) groups excluding carboxylic acids is 2. The molecule has 1 amide bonds. The molecule has 1 aliphatic heterocycles. The van der Waals surface area contributed by atoms with Gasteiger partial charge in [0, 0.05) is 19.3 Å². The summed E-state index contributed by atoms with van der Waals surface area (Å²) < 4.78 is 25.4. The number of methoxy groups -OCH3 is 2. The predicted octanol–water partition coefficient (Wildman–Crippen LogP) is 3.48. The fourth-order valence-corrected chi connectivity index (χ4v) is 4.77. The molecule has 8 nitrogen and oxygen atoms in total. The third kappa shape index (κ3) is 4.63. The lowest BCUT2D eigenvalue weighted by Gasteiger charge is -2.34. The summed E-state index contributed by atoms with van der Waals surface area (Å²) in [7, 11) is 2.79. The highest BCUT2D eigenvalue weighted by atomic mass is 79.9. The van der Waals surface area contributed by atoms with E-state index in [0.29, 0.717) is 38.8 Å². The second kappa shape index (κ2) is 9.63. The molecule has 30 heavy (non-hydrogen) atoms. The number of hydrogen-bond donors (Lipinski definition) is 2. The van der Waals surface area contributed by atoms with Crippen molar-refractivity contribution >= 4 is 55.9 Å². The summed E-state index contributed by atoms with van der Waals surface area (Å²) in [6.45, 7) is 2.43. The number of nitrogens with zero attached hydrogens (tertiary/aromatic N) is 2. The summed E-state index contributed by atoms with van der Waals surface area (Å²) in [6, 6.07) is -0.661. The van der Waals surface area contributed by atoms with Crippen molar-refractivity contribution in [3.8, 4) is 0 Å². The van der Waals surface area contributed by atoms with E-state index in [0.717, 1.165) is 11.3 Å². The molecule has 0 saturated carbocycles. The van der Waals surface area contributed by atoms with E-state index >= 15 is 0 Å². The van der Waals surface area contributed by atoms with Crippen molar-refractivity contribution in [3.05, 3.63) is 31.5 Å². The van der Waals surface area contributed by atoms with Crippen molar-refractivity contribution in [1.29, 1.82) is 0 Å². The maximum atomic E-state index is 14.9. The van der Waals surface area contributed by atoms with Gasteiger partial charge in [0.1, 0.15) is 16.7 Å². The number of aromatic nitrogens is 2. The number of piperidine rings is 1. The van der Waals surface area contributed by atoms with Crippen LogP contribution < -0.4 is 10.2 Å². The topological polar surface area (TPSA) is 96.5 Å². The maximum Gasteiger partial charge on any atom is 0.350 e.